The lowest BCUT2D eigenvalue weighted by Crippen LogP contribution is -2.46. The number of benzene rings is 2. The molecule has 8 nitrogen and oxygen atoms in total. The van der Waals surface area contributed by atoms with Crippen LogP contribution in [0.15, 0.2) is 36.4 Å². The minimum absolute atomic E-state index is 0.00694. The van der Waals surface area contributed by atoms with E-state index in [1.807, 2.05) is 36.4 Å². The van der Waals surface area contributed by atoms with E-state index < -0.39 is 0 Å². The first-order valence-corrected chi connectivity index (χ1v) is 14.0. The number of unbranched alkanes of at least 4 members (excludes halogenated alkanes) is 1. The molecule has 4 rings (SSSR count). The number of carbonyl (C=O) groups is 2. The number of nitrogens with zero attached hydrogens (tertiary/aromatic N) is 3. The first kappa shape index (κ1) is 28.3. The van der Waals surface area contributed by atoms with E-state index in [2.05, 4.69) is 9.80 Å². The third kappa shape index (κ3) is 7.46. The van der Waals surface area contributed by atoms with Crippen molar-refractivity contribution in [2.45, 2.75) is 32.6 Å². The lowest BCUT2D eigenvalue weighted by molar-refractivity contribution is -0.143. The normalized spacial score (nSPS) is 15.7. The Balaban J connectivity index is 1.19. The van der Waals surface area contributed by atoms with Crippen LogP contribution in [0.2, 0.25) is 10.0 Å². The fourth-order valence-corrected chi connectivity index (χ4v) is 5.12. The van der Waals surface area contributed by atoms with E-state index in [0.29, 0.717) is 53.4 Å². The van der Waals surface area contributed by atoms with Crippen molar-refractivity contribution in [1.29, 1.82) is 0 Å². The van der Waals surface area contributed by atoms with E-state index in [4.69, 9.17) is 37.4 Å². The zero-order chi connectivity index (χ0) is 26.9. The third-order valence-electron chi connectivity index (χ3n) is 6.72. The number of piperazine rings is 1. The average Bonchev–Trinajstić information content (AvgIpc) is 2.92. The second kappa shape index (κ2) is 13.9. The molecule has 2 heterocycles. The largest absolute Gasteiger partial charge is 0.494 e. The first-order valence-electron chi connectivity index (χ1n) is 13.2. The Morgan fingerprint density at radius 2 is 1.82 bits per heavy atom. The molecule has 1 amide bonds. The molecular weight excluding hydrogens is 529 g/mol. The highest BCUT2D eigenvalue weighted by atomic mass is 35.5. The highest BCUT2D eigenvalue weighted by molar-refractivity contribution is 6.43. The molecule has 1 saturated heterocycles. The summed E-state index contributed by atoms with van der Waals surface area (Å²) >= 11 is 12.6. The highest BCUT2D eigenvalue weighted by Crippen LogP contribution is 2.36. The molecule has 0 aromatic heterocycles. The number of hydrogen-bond donors (Lipinski definition) is 0. The Labute approximate surface area is 234 Å². The second-order valence-electron chi connectivity index (χ2n) is 9.33. The van der Waals surface area contributed by atoms with Gasteiger partial charge in [0.1, 0.15) is 11.5 Å². The maximum Gasteiger partial charge on any atom is 0.305 e. The van der Waals surface area contributed by atoms with Gasteiger partial charge in [0, 0.05) is 45.2 Å². The van der Waals surface area contributed by atoms with Crippen LogP contribution >= 0.6 is 23.2 Å². The third-order valence-corrected chi connectivity index (χ3v) is 7.53. The number of amides is 1. The van der Waals surface area contributed by atoms with Crippen molar-refractivity contribution in [3.05, 3.63) is 46.4 Å². The molecule has 2 aliphatic heterocycles. The monoisotopic (exact) mass is 563 g/mol. The van der Waals surface area contributed by atoms with Crippen molar-refractivity contribution in [3.8, 4) is 11.5 Å². The lowest BCUT2D eigenvalue weighted by atomic mass is 10.2. The summed E-state index contributed by atoms with van der Waals surface area (Å²) in [6.45, 7) is 7.96. The topological polar surface area (TPSA) is 71.5 Å². The van der Waals surface area contributed by atoms with E-state index in [1.54, 1.807) is 11.8 Å². The maximum atomic E-state index is 12.5. The Morgan fingerprint density at radius 1 is 1.00 bits per heavy atom. The van der Waals surface area contributed by atoms with Gasteiger partial charge in [0.2, 0.25) is 0 Å². The Bertz CT molecular complexity index is 1110. The summed E-state index contributed by atoms with van der Waals surface area (Å²) in [5.74, 6) is 0.963. The summed E-state index contributed by atoms with van der Waals surface area (Å²) in [5, 5.41) is 1.21. The van der Waals surface area contributed by atoms with Crippen molar-refractivity contribution < 1.29 is 23.8 Å². The van der Waals surface area contributed by atoms with Gasteiger partial charge in [-0.25, -0.2) is 0 Å². The molecule has 206 valence electrons. The van der Waals surface area contributed by atoms with Gasteiger partial charge in [-0.1, -0.05) is 29.3 Å². The van der Waals surface area contributed by atoms with Gasteiger partial charge in [-0.2, -0.15) is 0 Å². The highest BCUT2D eigenvalue weighted by Gasteiger charge is 2.26. The number of hydrogen-bond acceptors (Lipinski definition) is 7. The zero-order valence-electron chi connectivity index (χ0n) is 21.8. The number of carbonyl (C=O) groups excluding carboxylic acids is 2. The molecule has 2 aliphatic rings. The molecule has 0 atom stereocenters. The number of fused-ring (bicyclic) bond motifs is 1. The summed E-state index contributed by atoms with van der Waals surface area (Å²) in [6.07, 6.45) is 2.75. The Morgan fingerprint density at radius 3 is 2.61 bits per heavy atom. The summed E-state index contributed by atoms with van der Waals surface area (Å²) < 4.78 is 16.6. The van der Waals surface area contributed by atoms with E-state index in [1.165, 1.54) is 0 Å². The molecule has 38 heavy (non-hydrogen) atoms. The molecule has 0 aliphatic carbocycles. The van der Waals surface area contributed by atoms with Gasteiger partial charge in [-0.05, 0) is 57.0 Å². The summed E-state index contributed by atoms with van der Waals surface area (Å²) in [4.78, 5) is 30.5. The van der Waals surface area contributed by atoms with E-state index >= 15 is 0 Å². The quantitative estimate of drug-likeness (QED) is 0.264. The van der Waals surface area contributed by atoms with Crippen molar-refractivity contribution in [3.63, 3.8) is 0 Å². The molecule has 1 fully saturated rings. The minimum Gasteiger partial charge on any atom is -0.494 e. The standard InChI is InChI=1S/C28H35Cl2N3O5/c1-2-36-27(35)9-6-13-33-24-19-21(10-11-25(24)38-20-26(33)34)37-18-4-3-12-31-14-16-32(17-15-31)23-8-5-7-22(29)28(23)30/h5,7-8,10-11,19H,2-4,6,9,12-18,20H2,1H3. The van der Waals surface area contributed by atoms with Crippen LogP contribution in [0, 0.1) is 0 Å². The smallest absolute Gasteiger partial charge is 0.305 e. The summed E-state index contributed by atoms with van der Waals surface area (Å²) in [7, 11) is 0. The predicted molar refractivity (Wildman–Crippen MR) is 150 cm³/mol. The van der Waals surface area contributed by atoms with Gasteiger partial charge in [0.25, 0.3) is 5.91 Å². The van der Waals surface area contributed by atoms with E-state index in [0.717, 1.165) is 51.3 Å². The van der Waals surface area contributed by atoms with Crippen molar-refractivity contribution in [2.75, 3.05) is 68.9 Å². The van der Waals surface area contributed by atoms with Crippen LogP contribution in [0.25, 0.3) is 0 Å². The molecule has 0 unspecified atom stereocenters. The Kier molecular flexibility index (Phi) is 10.4. The van der Waals surface area contributed by atoms with Crippen LogP contribution < -0.4 is 19.3 Å². The van der Waals surface area contributed by atoms with E-state index in [-0.39, 0.29) is 24.9 Å². The number of halogens is 2. The first-order chi connectivity index (χ1) is 18.5. The van der Waals surface area contributed by atoms with Crippen LogP contribution in [-0.2, 0) is 14.3 Å². The molecule has 0 N–H and O–H groups in total. The molecule has 2 aromatic carbocycles. The van der Waals surface area contributed by atoms with Gasteiger partial charge >= 0.3 is 5.97 Å². The van der Waals surface area contributed by atoms with Crippen LogP contribution in [-0.4, -0.2) is 75.9 Å². The SMILES string of the molecule is CCOC(=O)CCCN1C(=O)COc2ccc(OCCCCN3CCN(c4cccc(Cl)c4Cl)CC3)cc21. The minimum atomic E-state index is -0.252. The predicted octanol–water partition coefficient (Wildman–Crippen LogP) is 5.04. The lowest BCUT2D eigenvalue weighted by Gasteiger charge is -2.36. The second-order valence-corrected chi connectivity index (χ2v) is 10.1. The molecule has 0 radical (unpaired) electrons. The molecule has 2 aromatic rings. The number of esters is 1. The molecule has 0 spiro atoms. The molecule has 0 bridgehead atoms. The van der Waals surface area contributed by atoms with Gasteiger partial charge < -0.3 is 24.0 Å². The fraction of sp³-hybridized carbons (Fsp3) is 0.500. The van der Waals surface area contributed by atoms with Gasteiger partial charge in [-0.15, -0.1) is 0 Å². The van der Waals surface area contributed by atoms with Crippen LogP contribution in [0.3, 0.4) is 0 Å². The maximum absolute atomic E-state index is 12.5. The van der Waals surface area contributed by atoms with Crippen molar-refractivity contribution >= 4 is 46.5 Å². The fourth-order valence-electron chi connectivity index (χ4n) is 4.71. The van der Waals surface area contributed by atoms with Crippen LogP contribution in [0.5, 0.6) is 11.5 Å². The van der Waals surface area contributed by atoms with Crippen molar-refractivity contribution in [1.82, 2.24) is 4.90 Å². The van der Waals surface area contributed by atoms with Crippen LogP contribution in [0.4, 0.5) is 11.4 Å². The number of anilines is 2. The number of ether oxygens (including phenoxy) is 3. The molecular formula is C28H35Cl2N3O5. The zero-order valence-corrected chi connectivity index (χ0v) is 23.3. The van der Waals surface area contributed by atoms with Gasteiger partial charge in [-0.3, -0.25) is 14.5 Å². The van der Waals surface area contributed by atoms with Crippen LogP contribution in [0.1, 0.15) is 32.6 Å². The summed E-state index contributed by atoms with van der Waals surface area (Å²) in [5.41, 5.74) is 1.68. The summed E-state index contributed by atoms with van der Waals surface area (Å²) in [6, 6.07) is 11.3. The van der Waals surface area contributed by atoms with E-state index in [9.17, 15) is 9.59 Å². The molecule has 0 saturated carbocycles. The van der Waals surface area contributed by atoms with Crippen molar-refractivity contribution in [2.24, 2.45) is 0 Å². The average molecular weight is 565 g/mol. The molecule has 10 heteroatoms. The van der Waals surface area contributed by atoms with Gasteiger partial charge in [0.15, 0.2) is 6.61 Å². The van der Waals surface area contributed by atoms with Gasteiger partial charge in [0.05, 0.1) is 34.6 Å². The number of rotatable bonds is 12. The Hall–Kier alpha value is -2.68.